The van der Waals surface area contributed by atoms with Crippen LogP contribution >= 0.6 is 0 Å². The Morgan fingerprint density at radius 3 is 2.57 bits per heavy atom. The summed E-state index contributed by atoms with van der Waals surface area (Å²) in [5.74, 6) is 0.373. The summed E-state index contributed by atoms with van der Waals surface area (Å²) in [6.45, 7) is 0. The topological polar surface area (TPSA) is 129 Å². The number of tetrazole rings is 1. The molecule has 0 unspecified atom stereocenters. The van der Waals surface area contributed by atoms with Gasteiger partial charge in [-0.25, -0.2) is 0 Å². The molecule has 0 saturated carbocycles. The fourth-order valence-corrected chi connectivity index (χ4v) is 1.68. The average molecular weight is 291 g/mol. The smallest absolute Gasteiger partial charge is 0.293 e. The number of carbonyl (C=O) groups excluding carboxylic acids is 1. The van der Waals surface area contributed by atoms with Crippen molar-refractivity contribution >= 4 is 16.7 Å². The number of hydrogen-bond acceptors (Lipinski definition) is 7. The molecule has 3 aromatic rings. The number of amides is 1. The van der Waals surface area contributed by atoms with Crippen LogP contribution in [0.25, 0.3) is 10.8 Å². The van der Waals surface area contributed by atoms with Gasteiger partial charge in [0.15, 0.2) is 6.33 Å². The molecule has 1 aromatic carbocycles. The minimum absolute atomic E-state index is 0.0921. The van der Waals surface area contributed by atoms with Gasteiger partial charge in [0.05, 0.1) is 19.6 Å². The summed E-state index contributed by atoms with van der Waals surface area (Å²) in [5.41, 5.74) is 5.20. The molecular weight excluding hydrogens is 278 g/mol. The van der Waals surface area contributed by atoms with Gasteiger partial charge in [-0.2, -0.15) is 5.21 Å². The fraction of sp³-hybridized carbons (Fsp3) is 0.167. The van der Waals surface area contributed by atoms with Crippen molar-refractivity contribution in [2.45, 2.75) is 0 Å². The Hall–Kier alpha value is -3.10. The van der Waals surface area contributed by atoms with Gasteiger partial charge in [0.2, 0.25) is 5.76 Å². The lowest BCUT2D eigenvalue weighted by molar-refractivity contribution is 0.0970. The standard InChI is InChI=1S/C11H11NO4.CH2N4/c1-14-6-3-4-7-8(5-6)11(15-2)16-9(7)10(12)13;1-2-4-5-3-1/h3-5H,1-2H3,(H2,12,13);1H,(H,2,3,4,5). The number of methoxy groups -OCH3 is 2. The molecule has 0 aliphatic carbocycles. The molecule has 0 radical (unpaired) electrons. The zero-order chi connectivity index (χ0) is 15.2. The van der Waals surface area contributed by atoms with Gasteiger partial charge in [-0.15, -0.1) is 10.2 Å². The van der Waals surface area contributed by atoms with Gasteiger partial charge in [-0.1, -0.05) is 5.21 Å². The van der Waals surface area contributed by atoms with Gasteiger partial charge in [0.25, 0.3) is 11.9 Å². The highest BCUT2D eigenvalue weighted by atomic mass is 16.6. The molecule has 21 heavy (non-hydrogen) atoms. The predicted molar refractivity (Wildman–Crippen MR) is 72.0 cm³/mol. The van der Waals surface area contributed by atoms with Crippen LogP contribution in [0.2, 0.25) is 0 Å². The maximum atomic E-state index is 11.1. The molecule has 9 nitrogen and oxygen atoms in total. The van der Waals surface area contributed by atoms with Gasteiger partial charge in [0.1, 0.15) is 5.75 Å². The van der Waals surface area contributed by atoms with E-state index in [0.717, 1.165) is 0 Å². The van der Waals surface area contributed by atoms with Crippen molar-refractivity contribution in [3.63, 3.8) is 0 Å². The van der Waals surface area contributed by atoms with E-state index in [1.165, 1.54) is 13.4 Å². The van der Waals surface area contributed by atoms with Crippen molar-refractivity contribution in [1.29, 1.82) is 0 Å². The summed E-state index contributed by atoms with van der Waals surface area (Å²) in [6.07, 6.45) is 1.33. The number of carbonyl (C=O) groups is 1. The van der Waals surface area contributed by atoms with E-state index in [2.05, 4.69) is 20.6 Å². The van der Waals surface area contributed by atoms with E-state index in [4.69, 9.17) is 19.6 Å². The molecule has 1 amide bonds. The Bertz CT molecular complexity index is 705. The van der Waals surface area contributed by atoms with Gasteiger partial charge < -0.3 is 19.6 Å². The first-order valence-electron chi connectivity index (χ1n) is 5.78. The van der Waals surface area contributed by atoms with E-state index >= 15 is 0 Å². The van der Waals surface area contributed by atoms with Crippen LogP contribution in [-0.2, 0) is 0 Å². The quantitative estimate of drug-likeness (QED) is 0.728. The number of furan rings is 1. The molecule has 3 rings (SSSR count). The molecule has 9 heteroatoms. The van der Waals surface area contributed by atoms with Crippen LogP contribution in [0.3, 0.4) is 0 Å². The highest BCUT2D eigenvalue weighted by Gasteiger charge is 2.18. The van der Waals surface area contributed by atoms with Crippen molar-refractivity contribution in [2.24, 2.45) is 5.73 Å². The Morgan fingerprint density at radius 1 is 1.29 bits per heavy atom. The molecule has 3 N–H and O–H groups in total. The Morgan fingerprint density at radius 2 is 2.10 bits per heavy atom. The molecule has 0 atom stereocenters. The third-order valence-electron chi connectivity index (χ3n) is 2.56. The predicted octanol–water partition coefficient (Wildman–Crippen LogP) is 0.749. The van der Waals surface area contributed by atoms with Crippen LogP contribution in [0.15, 0.2) is 28.9 Å². The second-order valence-electron chi connectivity index (χ2n) is 3.76. The maximum Gasteiger partial charge on any atom is 0.293 e. The normalized spacial score (nSPS) is 9.81. The molecule has 0 aliphatic heterocycles. The number of aromatic amines is 1. The number of nitrogens with one attached hydrogen (secondary N) is 1. The summed E-state index contributed by atoms with van der Waals surface area (Å²) < 4.78 is 15.3. The largest absolute Gasteiger partial charge is 0.497 e. The number of fused-ring (bicyclic) bond motifs is 1. The summed E-state index contributed by atoms with van der Waals surface area (Å²) >= 11 is 0. The highest BCUT2D eigenvalue weighted by molar-refractivity contribution is 6.06. The molecule has 0 aliphatic rings. The van der Waals surface area contributed by atoms with Crippen molar-refractivity contribution < 1.29 is 18.7 Å². The molecule has 0 fully saturated rings. The zero-order valence-corrected chi connectivity index (χ0v) is 11.4. The van der Waals surface area contributed by atoms with Crippen LogP contribution in [0.5, 0.6) is 11.7 Å². The number of benzene rings is 1. The molecule has 110 valence electrons. The SMILES string of the molecule is COc1ccc2c(C(N)=O)oc(OC)c2c1.c1nn[nH]n1. The first-order valence-corrected chi connectivity index (χ1v) is 5.78. The number of aromatic nitrogens is 4. The zero-order valence-electron chi connectivity index (χ0n) is 11.4. The second-order valence-corrected chi connectivity index (χ2v) is 3.76. The van der Waals surface area contributed by atoms with Crippen LogP contribution in [0.4, 0.5) is 0 Å². The van der Waals surface area contributed by atoms with Crippen LogP contribution in [-0.4, -0.2) is 40.8 Å². The molecule has 2 aromatic heterocycles. The minimum Gasteiger partial charge on any atom is -0.497 e. The lowest BCUT2D eigenvalue weighted by Crippen LogP contribution is -2.09. The monoisotopic (exact) mass is 291 g/mol. The first-order chi connectivity index (χ1) is 10.2. The minimum atomic E-state index is -0.626. The molecule has 0 bridgehead atoms. The molecule has 0 spiro atoms. The second kappa shape index (κ2) is 6.37. The number of nitrogens with two attached hydrogens (primary N) is 1. The van der Waals surface area contributed by atoms with Gasteiger partial charge in [-0.05, 0) is 18.2 Å². The van der Waals surface area contributed by atoms with Gasteiger partial charge in [0, 0.05) is 5.39 Å². The lowest BCUT2D eigenvalue weighted by atomic mass is 10.1. The highest BCUT2D eigenvalue weighted by Crippen LogP contribution is 2.34. The number of H-pyrrole nitrogens is 1. The lowest BCUT2D eigenvalue weighted by Gasteiger charge is -1.99. The van der Waals surface area contributed by atoms with Crippen molar-refractivity contribution in [3.05, 3.63) is 30.3 Å². The fourth-order valence-electron chi connectivity index (χ4n) is 1.68. The van der Waals surface area contributed by atoms with E-state index in [-0.39, 0.29) is 11.7 Å². The van der Waals surface area contributed by atoms with Crippen molar-refractivity contribution in [3.8, 4) is 11.7 Å². The van der Waals surface area contributed by atoms with Crippen LogP contribution in [0, 0.1) is 0 Å². The summed E-state index contributed by atoms with van der Waals surface area (Å²) in [6, 6.07) is 5.16. The number of hydrogen-bond donors (Lipinski definition) is 2. The summed E-state index contributed by atoms with van der Waals surface area (Å²) in [7, 11) is 3.02. The first kappa shape index (κ1) is 14.3. The summed E-state index contributed by atoms with van der Waals surface area (Å²) in [4.78, 5) is 11.1. The Balaban J connectivity index is 0.000000272. The van der Waals surface area contributed by atoms with Crippen LogP contribution < -0.4 is 15.2 Å². The third-order valence-corrected chi connectivity index (χ3v) is 2.56. The van der Waals surface area contributed by atoms with Gasteiger partial charge in [-0.3, -0.25) is 4.79 Å². The molecule has 2 heterocycles. The number of nitrogens with zero attached hydrogens (tertiary/aromatic N) is 3. The van der Waals surface area contributed by atoms with Crippen molar-refractivity contribution in [2.75, 3.05) is 14.2 Å². The number of primary amides is 1. The Kier molecular flexibility index (Phi) is 4.34. The summed E-state index contributed by atoms with van der Waals surface area (Å²) in [5, 5.41) is 13.4. The van der Waals surface area contributed by atoms with E-state index in [1.54, 1.807) is 25.3 Å². The van der Waals surface area contributed by atoms with E-state index < -0.39 is 5.91 Å². The number of rotatable bonds is 3. The van der Waals surface area contributed by atoms with Crippen molar-refractivity contribution in [1.82, 2.24) is 20.6 Å². The molecular formula is C12H13N5O4. The Labute approximate surface area is 119 Å². The average Bonchev–Trinajstić information content (AvgIpc) is 3.17. The van der Waals surface area contributed by atoms with Crippen LogP contribution in [0.1, 0.15) is 10.6 Å². The van der Waals surface area contributed by atoms with E-state index in [9.17, 15) is 4.79 Å². The van der Waals surface area contributed by atoms with Gasteiger partial charge >= 0.3 is 0 Å². The van der Waals surface area contributed by atoms with E-state index in [1.807, 2.05) is 0 Å². The third kappa shape index (κ3) is 3.08. The maximum absolute atomic E-state index is 11.1. The number of ether oxygens (including phenoxy) is 2. The molecule has 0 saturated heterocycles. The van der Waals surface area contributed by atoms with E-state index in [0.29, 0.717) is 16.5 Å².